The second-order valence-electron chi connectivity index (χ2n) is 9.62. The van der Waals surface area contributed by atoms with Gasteiger partial charge in [-0.05, 0) is 79.4 Å². The summed E-state index contributed by atoms with van der Waals surface area (Å²) in [7, 11) is 0. The van der Waals surface area contributed by atoms with Gasteiger partial charge in [-0.25, -0.2) is 0 Å². The highest BCUT2D eigenvalue weighted by Crippen LogP contribution is 2.62. The minimum absolute atomic E-state index is 0.0151. The molecule has 4 aliphatic rings. The number of ether oxygens (including phenoxy) is 1. The number of ketones is 1. The van der Waals surface area contributed by atoms with Crippen molar-refractivity contribution < 1.29 is 14.6 Å². The van der Waals surface area contributed by atoms with Gasteiger partial charge in [0.2, 0.25) is 0 Å². The van der Waals surface area contributed by atoms with E-state index in [9.17, 15) is 9.90 Å². The highest BCUT2D eigenvalue weighted by atomic mass is 16.5. The molecule has 0 aromatic heterocycles. The Labute approximate surface area is 173 Å². The molecule has 0 unspecified atom stereocenters. The van der Waals surface area contributed by atoms with E-state index in [-0.39, 0.29) is 16.9 Å². The number of hydrogen-bond donors (Lipinski definition) is 1. The highest BCUT2D eigenvalue weighted by Gasteiger charge is 2.52. The maximum atomic E-state index is 12.6. The average molecular weight is 391 g/mol. The second-order valence-corrected chi connectivity index (χ2v) is 9.62. The van der Waals surface area contributed by atoms with Crippen LogP contribution in [0, 0.1) is 17.8 Å². The summed E-state index contributed by atoms with van der Waals surface area (Å²) < 4.78 is 6.12. The lowest BCUT2D eigenvalue weighted by molar-refractivity contribution is -0.00627. The normalized spacial score (nSPS) is 29.8. The van der Waals surface area contributed by atoms with E-state index in [0.717, 1.165) is 48.1 Å². The predicted octanol–water partition coefficient (Wildman–Crippen LogP) is 6.03. The number of rotatable bonds is 6. The Kier molecular flexibility index (Phi) is 4.64. The lowest BCUT2D eigenvalue weighted by Crippen LogP contribution is -2.48. The van der Waals surface area contributed by atoms with E-state index in [1.165, 1.54) is 19.3 Å². The molecule has 29 heavy (non-hydrogen) atoms. The van der Waals surface area contributed by atoms with Crippen molar-refractivity contribution in [3.8, 4) is 11.5 Å². The average Bonchev–Trinajstić information content (AvgIpc) is 2.72. The van der Waals surface area contributed by atoms with Gasteiger partial charge in [0.15, 0.2) is 5.78 Å². The molecule has 6 rings (SSSR count). The lowest BCUT2D eigenvalue weighted by Gasteiger charge is -2.57. The largest absolute Gasteiger partial charge is 0.507 e. The van der Waals surface area contributed by atoms with Crippen LogP contribution in [-0.2, 0) is 12.0 Å². The van der Waals surface area contributed by atoms with Crippen molar-refractivity contribution in [2.45, 2.75) is 63.9 Å². The number of benzene rings is 2. The number of carbonyl (C=O) groups excluding carboxylic acids is 1. The molecule has 4 aliphatic carbocycles. The number of hydrogen-bond acceptors (Lipinski definition) is 3. The zero-order valence-corrected chi connectivity index (χ0v) is 17.2. The first-order valence-electron chi connectivity index (χ1n) is 11.1. The molecule has 0 radical (unpaired) electrons. The van der Waals surface area contributed by atoms with Crippen LogP contribution in [-0.4, -0.2) is 10.9 Å². The van der Waals surface area contributed by atoms with Crippen molar-refractivity contribution in [1.29, 1.82) is 0 Å². The molecule has 2 aromatic carbocycles. The van der Waals surface area contributed by atoms with E-state index in [1.807, 2.05) is 43.3 Å². The molecule has 3 heteroatoms. The Morgan fingerprint density at radius 1 is 1.03 bits per heavy atom. The van der Waals surface area contributed by atoms with Crippen LogP contribution >= 0.6 is 0 Å². The molecule has 1 N–H and O–H groups in total. The molecular formula is C26H30O3. The summed E-state index contributed by atoms with van der Waals surface area (Å²) in [5.41, 5.74) is 2.52. The van der Waals surface area contributed by atoms with E-state index in [1.54, 1.807) is 6.07 Å². The number of aromatic hydroxyl groups is 1. The van der Waals surface area contributed by atoms with Crippen molar-refractivity contribution in [2.75, 3.05) is 0 Å². The van der Waals surface area contributed by atoms with Gasteiger partial charge in [-0.15, -0.1) is 0 Å². The fourth-order valence-corrected chi connectivity index (χ4v) is 6.68. The zero-order chi connectivity index (χ0) is 20.0. The Morgan fingerprint density at radius 2 is 1.66 bits per heavy atom. The van der Waals surface area contributed by atoms with Crippen LogP contribution in [0.1, 0.15) is 73.4 Å². The maximum absolute atomic E-state index is 12.6. The summed E-state index contributed by atoms with van der Waals surface area (Å²) in [5.74, 6) is 3.23. The first kappa shape index (κ1) is 18.7. The van der Waals surface area contributed by atoms with E-state index >= 15 is 0 Å². The van der Waals surface area contributed by atoms with E-state index < -0.39 is 0 Å². The molecule has 0 spiro atoms. The van der Waals surface area contributed by atoms with Gasteiger partial charge in [0.1, 0.15) is 18.1 Å². The van der Waals surface area contributed by atoms with Crippen LogP contribution < -0.4 is 4.74 Å². The number of carbonyl (C=O) groups is 1. The molecule has 152 valence electrons. The van der Waals surface area contributed by atoms with Crippen molar-refractivity contribution >= 4 is 5.78 Å². The Bertz CT molecular complexity index is 880. The van der Waals surface area contributed by atoms with Crippen LogP contribution in [0.25, 0.3) is 0 Å². The van der Waals surface area contributed by atoms with Gasteiger partial charge in [0.05, 0.1) is 5.56 Å². The fourth-order valence-electron chi connectivity index (χ4n) is 6.68. The molecule has 0 amide bonds. The summed E-state index contributed by atoms with van der Waals surface area (Å²) in [5, 5.41) is 11.2. The van der Waals surface area contributed by atoms with Crippen LogP contribution in [0.15, 0.2) is 42.5 Å². The summed E-state index contributed by atoms with van der Waals surface area (Å²) >= 11 is 0. The molecular weight excluding hydrogens is 360 g/mol. The third kappa shape index (κ3) is 3.35. The smallest absolute Gasteiger partial charge is 0.166 e. The number of Topliss-reactive ketones (excluding diaryl/α,β-unsaturated/α-hetero) is 1. The van der Waals surface area contributed by atoms with Crippen molar-refractivity contribution in [3.05, 3.63) is 59.2 Å². The van der Waals surface area contributed by atoms with Crippen molar-refractivity contribution in [3.63, 3.8) is 0 Å². The Hall–Kier alpha value is -2.29. The molecule has 4 fully saturated rings. The minimum atomic E-state index is -0.0151. The minimum Gasteiger partial charge on any atom is -0.507 e. The van der Waals surface area contributed by atoms with Gasteiger partial charge in [0.25, 0.3) is 0 Å². The van der Waals surface area contributed by atoms with Crippen LogP contribution in [0.4, 0.5) is 0 Å². The number of phenols is 1. The molecule has 4 bridgehead atoms. The predicted molar refractivity (Wildman–Crippen MR) is 113 cm³/mol. The third-order valence-corrected chi connectivity index (χ3v) is 7.56. The molecule has 4 saturated carbocycles. The van der Waals surface area contributed by atoms with Gasteiger partial charge < -0.3 is 9.84 Å². The molecule has 0 atom stereocenters. The summed E-state index contributed by atoms with van der Waals surface area (Å²) in [6, 6.07) is 13.9. The zero-order valence-electron chi connectivity index (χ0n) is 17.2. The Morgan fingerprint density at radius 3 is 2.24 bits per heavy atom. The molecule has 0 heterocycles. The maximum Gasteiger partial charge on any atom is 0.166 e. The van der Waals surface area contributed by atoms with Gasteiger partial charge in [-0.3, -0.25) is 4.79 Å². The molecule has 0 saturated heterocycles. The number of phenolic OH excluding ortho intramolecular Hbond substituents is 1. The first-order valence-corrected chi connectivity index (χ1v) is 11.1. The quantitative estimate of drug-likeness (QED) is 0.612. The summed E-state index contributed by atoms with van der Waals surface area (Å²) in [6.07, 6.45) is 7.88. The van der Waals surface area contributed by atoms with E-state index in [0.29, 0.717) is 24.3 Å². The van der Waals surface area contributed by atoms with Crippen LogP contribution in [0.3, 0.4) is 0 Å². The van der Waals surface area contributed by atoms with Gasteiger partial charge in [-0.2, -0.15) is 0 Å². The summed E-state index contributed by atoms with van der Waals surface area (Å²) in [6.45, 7) is 2.31. The summed E-state index contributed by atoms with van der Waals surface area (Å²) in [4.78, 5) is 12.6. The second kappa shape index (κ2) is 7.19. The van der Waals surface area contributed by atoms with Gasteiger partial charge in [-0.1, -0.05) is 37.3 Å². The van der Waals surface area contributed by atoms with Crippen LogP contribution in [0.2, 0.25) is 0 Å². The van der Waals surface area contributed by atoms with E-state index in [2.05, 4.69) is 0 Å². The highest BCUT2D eigenvalue weighted by molar-refractivity contribution is 5.99. The Balaban J connectivity index is 1.53. The molecule has 3 nitrogen and oxygen atoms in total. The molecule has 0 aliphatic heterocycles. The van der Waals surface area contributed by atoms with Gasteiger partial charge >= 0.3 is 0 Å². The van der Waals surface area contributed by atoms with Crippen molar-refractivity contribution in [2.24, 2.45) is 17.8 Å². The fraction of sp³-hybridized carbons (Fsp3) is 0.500. The topological polar surface area (TPSA) is 46.5 Å². The van der Waals surface area contributed by atoms with Crippen molar-refractivity contribution in [1.82, 2.24) is 0 Å². The third-order valence-electron chi connectivity index (χ3n) is 7.56. The van der Waals surface area contributed by atoms with Crippen LogP contribution in [0.5, 0.6) is 11.5 Å². The lowest BCUT2D eigenvalue weighted by atomic mass is 9.48. The standard InChI is InChI=1S/C26H30O3/c1-2-24(27)22-11-21(29-16-17-6-4-3-5-7-17)12-23(25(22)28)26-13-18-8-19(14-26)10-20(9-18)15-26/h3-7,11-12,18-20,28H,2,8-10,13-16H2,1H3. The SMILES string of the molecule is CCC(=O)c1cc(OCc2ccccc2)cc(C23CC4CC(CC(C4)C2)C3)c1O. The first-order chi connectivity index (χ1) is 14.1. The van der Waals surface area contributed by atoms with E-state index in [4.69, 9.17) is 4.74 Å². The van der Waals surface area contributed by atoms with Gasteiger partial charge in [0, 0.05) is 12.0 Å². The molecule has 2 aromatic rings. The monoisotopic (exact) mass is 390 g/mol.